The first-order valence-corrected chi connectivity index (χ1v) is 6.55. The monoisotopic (exact) mass is 251 g/mol. The quantitative estimate of drug-likeness (QED) is 0.891. The molecule has 1 aromatic carbocycles. The minimum atomic E-state index is -0.186. The Kier molecular flexibility index (Phi) is 3.62. The summed E-state index contributed by atoms with van der Waals surface area (Å²) < 4.78 is 18.9. The summed E-state index contributed by atoms with van der Waals surface area (Å²) in [6.45, 7) is 9.62. The minimum Gasteiger partial charge on any atom is -0.488 e. The average molecular weight is 251 g/mol. The fraction of sp³-hybridized carbons (Fsp3) is 0.600. The Labute approximate surface area is 109 Å². The Hall–Kier alpha value is -1.09. The first-order valence-electron chi connectivity index (χ1n) is 6.55. The van der Waals surface area contributed by atoms with Crippen LogP contribution in [0.2, 0.25) is 0 Å². The molecule has 1 heterocycles. The number of nitrogens with one attached hydrogen (secondary N) is 1. The molecule has 0 spiro atoms. The maximum absolute atomic E-state index is 13.1. The van der Waals surface area contributed by atoms with E-state index in [-0.39, 0.29) is 17.3 Å². The van der Waals surface area contributed by atoms with Crippen LogP contribution in [0.5, 0.6) is 5.75 Å². The number of rotatable bonds is 3. The van der Waals surface area contributed by atoms with Gasteiger partial charge in [0.15, 0.2) is 0 Å². The van der Waals surface area contributed by atoms with Gasteiger partial charge in [-0.25, -0.2) is 4.39 Å². The maximum Gasteiger partial charge on any atom is 0.123 e. The van der Waals surface area contributed by atoms with E-state index in [4.69, 9.17) is 4.74 Å². The van der Waals surface area contributed by atoms with Gasteiger partial charge in [0.05, 0.1) is 0 Å². The summed E-state index contributed by atoms with van der Waals surface area (Å²) in [7, 11) is 0. The van der Waals surface area contributed by atoms with E-state index in [0.29, 0.717) is 6.04 Å². The molecule has 2 rings (SSSR count). The van der Waals surface area contributed by atoms with Gasteiger partial charge in [0.25, 0.3) is 0 Å². The van der Waals surface area contributed by atoms with Crippen LogP contribution in [0.4, 0.5) is 4.39 Å². The number of fused-ring (bicyclic) bond motifs is 1. The van der Waals surface area contributed by atoms with Gasteiger partial charge in [0, 0.05) is 24.6 Å². The molecule has 2 nitrogen and oxygen atoms in total. The van der Waals surface area contributed by atoms with Crippen LogP contribution in [-0.2, 0) is 6.42 Å². The average Bonchev–Trinajstić information content (AvgIpc) is 2.66. The lowest BCUT2D eigenvalue weighted by Gasteiger charge is -2.29. The van der Waals surface area contributed by atoms with Gasteiger partial charge in [0.1, 0.15) is 17.7 Å². The van der Waals surface area contributed by atoms with Crippen molar-refractivity contribution in [2.24, 2.45) is 5.41 Å². The van der Waals surface area contributed by atoms with Crippen molar-refractivity contribution in [2.75, 3.05) is 6.54 Å². The SMILES string of the molecule is CC(NCC1Cc2cc(F)ccc2O1)C(C)(C)C. The second-order valence-corrected chi connectivity index (χ2v) is 6.19. The highest BCUT2D eigenvalue weighted by Crippen LogP contribution is 2.29. The first kappa shape index (κ1) is 13.3. The van der Waals surface area contributed by atoms with Crippen molar-refractivity contribution in [3.05, 3.63) is 29.6 Å². The van der Waals surface area contributed by atoms with Gasteiger partial charge >= 0.3 is 0 Å². The fourth-order valence-electron chi connectivity index (χ4n) is 2.02. The Morgan fingerprint density at radius 3 is 2.83 bits per heavy atom. The van der Waals surface area contributed by atoms with Crippen LogP contribution in [0, 0.1) is 11.2 Å². The molecule has 3 heteroatoms. The van der Waals surface area contributed by atoms with E-state index in [1.165, 1.54) is 6.07 Å². The van der Waals surface area contributed by atoms with Crippen molar-refractivity contribution in [3.63, 3.8) is 0 Å². The third kappa shape index (κ3) is 3.02. The van der Waals surface area contributed by atoms with E-state index >= 15 is 0 Å². The Morgan fingerprint density at radius 1 is 1.44 bits per heavy atom. The second-order valence-electron chi connectivity index (χ2n) is 6.19. The molecule has 1 aliphatic rings. The van der Waals surface area contributed by atoms with Gasteiger partial charge in [-0.3, -0.25) is 0 Å². The molecule has 2 atom stereocenters. The molecule has 0 amide bonds. The van der Waals surface area contributed by atoms with Gasteiger partial charge in [-0.1, -0.05) is 20.8 Å². The zero-order chi connectivity index (χ0) is 13.3. The van der Waals surface area contributed by atoms with E-state index in [0.717, 1.165) is 24.3 Å². The molecular formula is C15H22FNO. The third-order valence-electron chi connectivity index (χ3n) is 3.71. The molecule has 1 aromatic rings. The largest absolute Gasteiger partial charge is 0.488 e. The summed E-state index contributed by atoms with van der Waals surface area (Å²) in [5.41, 5.74) is 1.21. The zero-order valence-electron chi connectivity index (χ0n) is 11.6. The fourth-order valence-corrected chi connectivity index (χ4v) is 2.02. The molecule has 0 bridgehead atoms. The number of benzene rings is 1. The third-order valence-corrected chi connectivity index (χ3v) is 3.71. The van der Waals surface area contributed by atoms with Crippen LogP contribution in [0.3, 0.4) is 0 Å². The Balaban J connectivity index is 1.89. The zero-order valence-corrected chi connectivity index (χ0v) is 11.6. The van der Waals surface area contributed by atoms with Crippen molar-refractivity contribution in [1.82, 2.24) is 5.32 Å². The van der Waals surface area contributed by atoms with E-state index in [1.807, 2.05) is 0 Å². The van der Waals surface area contributed by atoms with Gasteiger partial charge in [-0.2, -0.15) is 0 Å². The van der Waals surface area contributed by atoms with Gasteiger partial charge < -0.3 is 10.1 Å². The topological polar surface area (TPSA) is 21.3 Å². The number of ether oxygens (including phenoxy) is 1. The molecular weight excluding hydrogens is 229 g/mol. The highest BCUT2D eigenvalue weighted by atomic mass is 19.1. The van der Waals surface area contributed by atoms with Gasteiger partial charge in [-0.05, 0) is 30.5 Å². The molecule has 1 aliphatic heterocycles. The summed E-state index contributed by atoms with van der Waals surface area (Å²) >= 11 is 0. The number of hydrogen-bond donors (Lipinski definition) is 1. The summed E-state index contributed by atoms with van der Waals surface area (Å²) in [5.74, 6) is 0.639. The molecule has 0 saturated carbocycles. The Bertz CT molecular complexity index is 425. The second kappa shape index (κ2) is 4.88. The maximum atomic E-state index is 13.1. The van der Waals surface area contributed by atoms with E-state index in [1.54, 1.807) is 12.1 Å². The lowest BCUT2D eigenvalue weighted by Crippen LogP contribution is -2.42. The van der Waals surface area contributed by atoms with Gasteiger partial charge in [0.2, 0.25) is 0 Å². The molecule has 1 N–H and O–H groups in total. The van der Waals surface area contributed by atoms with Crippen LogP contribution in [0.15, 0.2) is 18.2 Å². The highest BCUT2D eigenvalue weighted by molar-refractivity contribution is 5.37. The standard InChI is InChI=1S/C15H22FNO/c1-10(15(2,3)4)17-9-13-8-11-7-12(16)5-6-14(11)18-13/h5-7,10,13,17H,8-9H2,1-4H3. The lowest BCUT2D eigenvalue weighted by molar-refractivity contribution is 0.200. The lowest BCUT2D eigenvalue weighted by atomic mass is 9.88. The molecule has 18 heavy (non-hydrogen) atoms. The predicted molar refractivity (Wildman–Crippen MR) is 71.4 cm³/mol. The Morgan fingerprint density at radius 2 is 2.17 bits per heavy atom. The van der Waals surface area contributed by atoms with Crippen LogP contribution < -0.4 is 10.1 Å². The predicted octanol–water partition coefficient (Wildman–Crippen LogP) is 3.15. The number of halogens is 1. The van der Waals surface area contributed by atoms with E-state index in [2.05, 4.69) is 33.0 Å². The normalized spacial score (nSPS) is 20.4. The van der Waals surface area contributed by atoms with Crippen LogP contribution >= 0.6 is 0 Å². The van der Waals surface area contributed by atoms with Crippen LogP contribution in [0.25, 0.3) is 0 Å². The molecule has 0 fully saturated rings. The van der Waals surface area contributed by atoms with Crippen molar-refractivity contribution in [1.29, 1.82) is 0 Å². The van der Waals surface area contributed by atoms with Crippen molar-refractivity contribution in [3.8, 4) is 5.75 Å². The van der Waals surface area contributed by atoms with Crippen LogP contribution in [-0.4, -0.2) is 18.7 Å². The number of hydrogen-bond acceptors (Lipinski definition) is 2. The van der Waals surface area contributed by atoms with Gasteiger partial charge in [-0.15, -0.1) is 0 Å². The smallest absolute Gasteiger partial charge is 0.123 e. The molecule has 2 unspecified atom stereocenters. The molecule has 0 saturated heterocycles. The van der Waals surface area contributed by atoms with Crippen LogP contribution in [0.1, 0.15) is 33.3 Å². The highest BCUT2D eigenvalue weighted by Gasteiger charge is 2.25. The minimum absolute atomic E-state index is 0.117. The first-order chi connectivity index (χ1) is 8.36. The summed E-state index contributed by atoms with van der Waals surface area (Å²) in [5, 5.41) is 3.50. The molecule has 0 aromatic heterocycles. The van der Waals surface area contributed by atoms with E-state index in [9.17, 15) is 4.39 Å². The van der Waals surface area contributed by atoms with Crippen molar-refractivity contribution in [2.45, 2.75) is 46.3 Å². The summed E-state index contributed by atoms with van der Waals surface area (Å²) in [6, 6.07) is 5.16. The molecule has 0 radical (unpaired) electrons. The van der Waals surface area contributed by atoms with Crippen molar-refractivity contribution >= 4 is 0 Å². The van der Waals surface area contributed by atoms with E-state index < -0.39 is 0 Å². The summed E-state index contributed by atoms with van der Waals surface area (Å²) in [6.07, 6.45) is 0.906. The summed E-state index contributed by atoms with van der Waals surface area (Å²) in [4.78, 5) is 0. The molecule has 0 aliphatic carbocycles. The molecule has 100 valence electrons. The van der Waals surface area contributed by atoms with Crippen molar-refractivity contribution < 1.29 is 9.13 Å².